The zero-order chi connectivity index (χ0) is 22.4. The Bertz CT molecular complexity index is 617. The summed E-state index contributed by atoms with van der Waals surface area (Å²) >= 11 is 0. The number of hydrogen-bond donors (Lipinski definition) is 2. The van der Waals surface area contributed by atoms with Crippen LogP contribution in [0.25, 0.3) is 0 Å². The zero-order valence-electron chi connectivity index (χ0n) is 21.0. The summed E-state index contributed by atoms with van der Waals surface area (Å²) in [5, 5.41) is 22.0. The molecule has 0 unspecified atom stereocenters. The van der Waals surface area contributed by atoms with Gasteiger partial charge in [-0.3, -0.25) is 0 Å². The van der Waals surface area contributed by atoms with E-state index in [1.807, 2.05) is 7.11 Å². The number of fused-ring (bicyclic) bond motifs is 5. The molecule has 4 rings (SSSR count). The minimum atomic E-state index is -0.527. The normalized spacial score (nSPS) is 49.1. The van der Waals surface area contributed by atoms with Crippen molar-refractivity contribution in [3.8, 4) is 0 Å². The van der Waals surface area contributed by atoms with Crippen molar-refractivity contribution in [2.45, 2.75) is 129 Å². The summed E-state index contributed by atoms with van der Waals surface area (Å²) in [4.78, 5) is 0. The van der Waals surface area contributed by atoms with Crippen LogP contribution in [0.3, 0.4) is 0 Å². The SMILES string of the molecule is CCCCCC[C@](C)(O)[C@H]1CC[C@H]2[C@@H]3C[C@H](OC)[C@H]4C[C@@H](O)CC[C@]4(C)[C@H]3CC[C@@]21C. The zero-order valence-corrected chi connectivity index (χ0v) is 21.0. The molecule has 2 N–H and O–H groups in total. The van der Waals surface area contributed by atoms with Gasteiger partial charge in [-0.15, -0.1) is 0 Å². The van der Waals surface area contributed by atoms with E-state index in [0.717, 1.165) is 49.9 Å². The van der Waals surface area contributed by atoms with Gasteiger partial charge in [-0.05, 0) is 105 Å². The van der Waals surface area contributed by atoms with Crippen molar-refractivity contribution >= 4 is 0 Å². The smallest absolute Gasteiger partial charge is 0.0653 e. The van der Waals surface area contributed by atoms with E-state index in [1.165, 1.54) is 51.4 Å². The molecule has 31 heavy (non-hydrogen) atoms. The van der Waals surface area contributed by atoms with Crippen molar-refractivity contribution in [2.75, 3.05) is 7.11 Å². The van der Waals surface area contributed by atoms with Crippen LogP contribution in [0.4, 0.5) is 0 Å². The Morgan fingerprint density at radius 3 is 2.32 bits per heavy atom. The summed E-state index contributed by atoms with van der Waals surface area (Å²) in [5.74, 6) is 3.16. The average molecular weight is 435 g/mol. The molecule has 0 aromatic heterocycles. The maximum Gasteiger partial charge on any atom is 0.0653 e. The highest BCUT2D eigenvalue weighted by Gasteiger charge is 2.64. The van der Waals surface area contributed by atoms with Crippen molar-refractivity contribution in [3.63, 3.8) is 0 Å². The topological polar surface area (TPSA) is 49.7 Å². The lowest BCUT2D eigenvalue weighted by Gasteiger charge is -2.63. The van der Waals surface area contributed by atoms with Gasteiger partial charge in [-0.2, -0.15) is 0 Å². The summed E-state index contributed by atoms with van der Waals surface area (Å²) in [6, 6.07) is 0. The Kier molecular flexibility index (Phi) is 6.91. The maximum absolute atomic E-state index is 11.6. The molecule has 180 valence electrons. The molecule has 0 aromatic rings. The van der Waals surface area contributed by atoms with Crippen LogP contribution in [-0.2, 0) is 4.74 Å². The minimum Gasteiger partial charge on any atom is -0.393 e. The molecule has 0 spiro atoms. The lowest BCUT2D eigenvalue weighted by atomic mass is 9.43. The van der Waals surface area contributed by atoms with E-state index >= 15 is 0 Å². The molecule has 0 amide bonds. The molecule has 4 saturated carbocycles. The second-order valence-corrected chi connectivity index (χ2v) is 12.8. The summed E-state index contributed by atoms with van der Waals surface area (Å²) in [7, 11) is 1.90. The van der Waals surface area contributed by atoms with Crippen LogP contribution in [0, 0.1) is 40.4 Å². The first kappa shape index (κ1) is 24.0. The number of unbranched alkanes of at least 4 members (excludes halogenated alkanes) is 3. The van der Waals surface area contributed by atoms with Crippen molar-refractivity contribution in [3.05, 3.63) is 0 Å². The quantitative estimate of drug-likeness (QED) is 0.459. The van der Waals surface area contributed by atoms with Gasteiger partial charge in [0.25, 0.3) is 0 Å². The Morgan fingerprint density at radius 2 is 1.61 bits per heavy atom. The van der Waals surface area contributed by atoms with Crippen molar-refractivity contribution in [2.24, 2.45) is 40.4 Å². The Morgan fingerprint density at radius 1 is 0.903 bits per heavy atom. The predicted molar refractivity (Wildman–Crippen MR) is 127 cm³/mol. The molecule has 10 atom stereocenters. The first-order chi connectivity index (χ1) is 14.7. The number of hydrogen-bond acceptors (Lipinski definition) is 3. The molecule has 4 fully saturated rings. The number of methoxy groups -OCH3 is 1. The van der Waals surface area contributed by atoms with Gasteiger partial charge in [0.05, 0.1) is 17.8 Å². The van der Waals surface area contributed by atoms with Crippen molar-refractivity contribution in [1.29, 1.82) is 0 Å². The highest BCUT2D eigenvalue weighted by molar-refractivity contribution is 5.13. The van der Waals surface area contributed by atoms with E-state index in [9.17, 15) is 10.2 Å². The maximum atomic E-state index is 11.6. The van der Waals surface area contributed by atoms with Gasteiger partial charge in [0.1, 0.15) is 0 Å². The van der Waals surface area contributed by atoms with E-state index in [4.69, 9.17) is 4.74 Å². The van der Waals surface area contributed by atoms with Crippen LogP contribution >= 0.6 is 0 Å². The highest BCUT2D eigenvalue weighted by Crippen LogP contribution is 2.69. The molecule has 0 aliphatic heterocycles. The summed E-state index contributed by atoms with van der Waals surface area (Å²) in [6.45, 7) is 9.48. The molecule has 3 nitrogen and oxygen atoms in total. The molecular weight excluding hydrogens is 384 g/mol. The largest absolute Gasteiger partial charge is 0.393 e. The van der Waals surface area contributed by atoms with Gasteiger partial charge >= 0.3 is 0 Å². The third-order valence-corrected chi connectivity index (χ3v) is 11.2. The van der Waals surface area contributed by atoms with Crippen LogP contribution in [-0.4, -0.2) is 35.1 Å². The molecule has 4 aliphatic rings. The fraction of sp³-hybridized carbons (Fsp3) is 1.00. The van der Waals surface area contributed by atoms with E-state index in [1.54, 1.807) is 0 Å². The van der Waals surface area contributed by atoms with E-state index in [-0.39, 0.29) is 17.6 Å². The highest BCUT2D eigenvalue weighted by atomic mass is 16.5. The van der Waals surface area contributed by atoms with Gasteiger partial charge in [0, 0.05) is 7.11 Å². The van der Waals surface area contributed by atoms with Crippen LogP contribution in [0.2, 0.25) is 0 Å². The second-order valence-electron chi connectivity index (χ2n) is 12.8. The van der Waals surface area contributed by atoms with Crippen LogP contribution in [0.1, 0.15) is 111 Å². The van der Waals surface area contributed by atoms with Gasteiger partial charge in [0.2, 0.25) is 0 Å². The summed E-state index contributed by atoms with van der Waals surface area (Å²) < 4.78 is 6.11. The van der Waals surface area contributed by atoms with Crippen molar-refractivity contribution < 1.29 is 14.9 Å². The first-order valence-electron chi connectivity index (χ1n) is 13.6. The molecule has 0 aromatic carbocycles. The van der Waals surface area contributed by atoms with Crippen molar-refractivity contribution in [1.82, 2.24) is 0 Å². The lowest BCUT2D eigenvalue weighted by molar-refractivity contribution is -0.185. The van der Waals surface area contributed by atoms with Crippen LogP contribution in [0.15, 0.2) is 0 Å². The molecule has 0 saturated heterocycles. The monoisotopic (exact) mass is 434 g/mol. The predicted octanol–water partition coefficient (Wildman–Crippen LogP) is 6.35. The van der Waals surface area contributed by atoms with E-state index in [0.29, 0.717) is 17.3 Å². The summed E-state index contributed by atoms with van der Waals surface area (Å²) in [6.07, 6.45) is 15.3. The van der Waals surface area contributed by atoms with Crippen LogP contribution < -0.4 is 0 Å². The lowest BCUT2D eigenvalue weighted by Crippen LogP contribution is -2.59. The van der Waals surface area contributed by atoms with Gasteiger partial charge in [-0.25, -0.2) is 0 Å². The number of aliphatic hydroxyl groups is 2. The number of aliphatic hydroxyl groups excluding tert-OH is 1. The van der Waals surface area contributed by atoms with Gasteiger partial charge in [-0.1, -0.05) is 46.5 Å². The molecule has 0 bridgehead atoms. The number of ether oxygens (including phenoxy) is 1. The molecular formula is C28H50O3. The fourth-order valence-electron chi connectivity index (χ4n) is 9.61. The Labute approximate surface area is 191 Å². The first-order valence-corrected chi connectivity index (χ1v) is 13.6. The minimum absolute atomic E-state index is 0.139. The fourth-order valence-corrected chi connectivity index (χ4v) is 9.61. The van der Waals surface area contributed by atoms with E-state index < -0.39 is 5.60 Å². The second kappa shape index (κ2) is 8.91. The van der Waals surface area contributed by atoms with Gasteiger partial charge < -0.3 is 14.9 Å². The molecule has 0 heterocycles. The molecule has 0 radical (unpaired) electrons. The van der Waals surface area contributed by atoms with Crippen LogP contribution in [0.5, 0.6) is 0 Å². The number of rotatable bonds is 7. The summed E-state index contributed by atoms with van der Waals surface area (Å²) in [5.41, 5.74) is 0.0524. The Balaban J connectivity index is 1.54. The third-order valence-electron chi connectivity index (χ3n) is 11.2. The molecule has 3 heteroatoms. The van der Waals surface area contributed by atoms with E-state index in [2.05, 4.69) is 27.7 Å². The standard InChI is InChI=1S/C28H50O3/c1-6-7-8-9-14-28(4,30)25-11-10-21-20-18-24(31-5)23-17-19(29)12-15-26(23,2)22(20)13-16-27(21,25)3/h19-25,29-30H,6-18H2,1-5H3/t19-,20-,21-,22-,23+,24-,25-,26+,27-,28-/m0/s1. The van der Waals surface area contributed by atoms with Gasteiger partial charge in [0.15, 0.2) is 0 Å². The molecule has 4 aliphatic carbocycles. The Hall–Kier alpha value is -0.120. The average Bonchev–Trinajstić information content (AvgIpc) is 3.09. The third kappa shape index (κ3) is 4.03.